The molecule has 2 aromatic rings. The van der Waals surface area contributed by atoms with Gasteiger partial charge in [0.05, 0.1) is 12.8 Å². The van der Waals surface area contributed by atoms with Crippen molar-refractivity contribution in [2.45, 2.75) is 31.8 Å². The second kappa shape index (κ2) is 5.89. The first-order valence-corrected chi connectivity index (χ1v) is 7.32. The lowest BCUT2D eigenvalue weighted by atomic mass is 10.1. The summed E-state index contributed by atoms with van der Waals surface area (Å²) in [7, 11) is 3.93. The standard InChI is InChI=1S/C15H22N4O/c1-18-10-4-3-7-14(18)19-13(8-11-20-2)17-12-6-5-9-16-15(12)19/h5-6,9,14H,3-4,7-8,10-11H2,1-2H3. The first-order valence-electron chi connectivity index (χ1n) is 7.32. The summed E-state index contributed by atoms with van der Waals surface area (Å²) >= 11 is 0. The molecular formula is C15H22N4O. The number of rotatable bonds is 4. The van der Waals surface area contributed by atoms with Crippen LogP contribution >= 0.6 is 0 Å². The summed E-state index contributed by atoms with van der Waals surface area (Å²) in [5.41, 5.74) is 1.98. The topological polar surface area (TPSA) is 43.2 Å². The molecule has 1 fully saturated rings. The van der Waals surface area contributed by atoms with Crippen LogP contribution in [0.4, 0.5) is 0 Å². The fourth-order valence-corrected chi connectivity index (χ4v) is 3.04. The molecule has 0 saturated carbocycles. The largest absolute Gasteiger partial charge is 0.384 e. The highest BCUT2D eigenvalue weighted by molar-refractivity contribution is 5.71. The predicted molar refractivity (Wildman–Crippen MR) is 78.6 cm³/mol. The van der Waals surface area contributed by atoms with Gasteiger partial charge in [-0.25, -0.2) is 9.97 Å². The Kier molecular flexibility index (Phi) is 3.98. The first-order chi connectivity index (χ1) is 9.81. The third-order valence-electron chi connectivity index (χ3n) is 4.08. The molecule has 0 N–H and O–H groups in total. The van der Waals surface area contributed by atoms with Gasteiger partial charge in [-0.2, -0.15) is 0 Å². The number of hydrogen-bond donors (Lipinski definition) is 0. The molecule has 1 aliphatic rings. The molecule has 1 saturated heterocycles. The molecule has 1 unspecified atom stereocenters. The van der Waals surface area contributed by atoms with Crippen molar-refractivity contribution < 1.29 is 4.74 Å². The summed E-state index contributed by atoms with van der Waals surface area (Å²) in [6.45, 7) is 1.83. The molecule has 0 amide bonds. The molecule has 5 heteroatoms. The Hall–Kier alpha value is -1.46. The average Bonchev–Trinajstić information content (AvgIpc) is 2.84. The Morgan fingerprint density at radius 2 is 2.30 bits per heavy atom. The van der Waals surface area contributed by atoms with Crippen molar-refractivity contribution in [3.05, 3.63) is 24.2 Å². The number of piperidine rings is 1. The third kappa shape index (κ3) is 2.43. The molecule has 0 aromatic carbocycles. The summed E-state index contributed by atoms with van der Waals surface area (Å²) in [4.78, 5) is 11.7. The number of hydrogen-bond acceptors (Lipinski definition) is 4. The van der Waals surface area contributed by atoms with Gasteiger partial charge in [-0.3, -0.25) is 9.47 Å². The molecule has 1 atom stereocenters. The number of imidazole rings is 1. The minimum atomic E-state index is 0.371. The summed E-state index contributed by atoms with van der Waals surface area (Å²) in [5, 5.41) is 0. The minimum Gasteiger partial charge on any atom is -0.384 e. The molecule has 3 heterocycles. The number of pyridine rings is 1. The van der Waals surface area contributed by atoms with Crippen LogP contribution in [-0.2, 0) is 11.2 Å². The number of methoxy groups -OCH3 is 1. The van der Waals surface area contributed by atoms with Gasteiger partial charge in [0.2, 0.25) is 0 Å². The van der Waals surface area contributed by atoms with Gasteiger partial charge in [0.1, 0.15) is 11.3 Å². The maximum Gasteiger partial charge on any atom is 0.161 e. The Balaban J connectivity index is 2.05. The molecule has 1 aliphatic heterocycles. The average molecular weight is 274 g/mol. The highest BCUT2D eigenvalue weighted by atomic mass is 16.5. The normalized spacial score (nSPS) is 20.6. The molecule has 0 aliphatic carbocycles. The Bertz CT molecular complexity index is 580. The van der Waals surface area contributed by atoms with E-state index in [2.05, 4.69) is 21.5 Å². The number of aromatic nitrogens is 3. The lowest BCUT2D eigenvalue weighted by molar-refractivity contribution is 0.125. The van der Waals surface area contributed by atoms with Crippen molar-refractivity contribution in [1.82, 2.24) is 19.4 Å². The molecule has 0 radical (unpaired) electrons. The predicted octanol–water partition coefficient (Wildman–Crippen LogP) is 2.23. The second-order valence-electron chi connectivity index (χ2n) is 5.44. The fourth-order valence-electron chi connectivity index (χ4n) is 3.04. The number of likely N-dealkylation sites (tertiary alicyclic amines) is 1. The molecule has 5 nitrogen and oxygen atoms in total. The van der Waals surface area contributed by atoms with Gasteiger partial charge in [0.25, 0.3) is 0 Å². The van der Waals surface area contributed by atoms with Crippen LogP contribution in [0.15, 0.2) is 18.3 Å². The molecule has 108 valence electrons. The first kappa shape index (κ1) is 13.5. The van der Waals surface area contributed by atoms with Crippen molar-refractivity contribution in [3.8, 4) is 0 Å². The Morgan fingerprint density at radius 1 is 1.40 bits per heavy atom. The maximum atomic E-state index is 5.22. The van der Waals surface area contributed by atoms with Crippen LogP contribution in [0.25, 0.3) is 11.2 Å². The van der Waals surface area contributed by atoms with Gasteiger partial charge >= 0.3 is 0 Å². The number of nitrogens with zero attached hydrogens (tertiary/aromatic N) is 4. The molecule has 0 bridgehead atoms. The monoisotopic (exact) mass is 274 g/mol. The van der Waals surface area contributed by atoms with Crippen molar-refractivity contribution in [2.75, 3.05) is 27.3 Å². The summed E-state index contributed by atoms with van der Waals surface area (Å²) in [6, 6.07) is 3.99. The van der Waals surface area contributed by atoms with Crippen LogP contribution in [0.3, 0.4) is 0 Å². The van der Waals surface area contributed by atoms with Crippen LogP contribution < -0.4 is 0 Å². The van der Waals surface area contributed by atoms with E-state index in [4.69, 9.17) is 9.72 Å². The van der Waals surface area contributed by atoms with E-state index < -0.39 is 0 Å². The van der Waals surface area contributed by atoms with Gasteiger partial charge in [-0.1, -0.05) is 0 Å². The van der Waals surface area contributed by atoms with Crippen LogP contribution in [0.2, 0.25) is 0 Å². The van der Waals surface area contributed by atoms with Crippen molar-refractivity contribution in [2.24, 2.45) is 0 Å². The van der Waals surface area contributed by atoms with Crippen LogP contribution in [0.5, 0.6) is 0 Å². The van der Waals surface area contributed by atoms with E-state index in [-0.39, 0.29) is 0 Å². The smallest absolute Gasteiger partial charge is 0.161 e. The summed E-state index contributed by atoms with van der Waals surface area (Å²) in [5.74, 6) is 1.08. The maximum absolute atomic E-state index is 5.22. The van der Waals surface area contributed by atoms with E-state index in [1.807, 2.05) is 18.3 Å². The van der Waals surface area contributed by atoms with Gasteiger partial charge in [0.15, 0.2) is 5.65 Å². The van der Waals surface area contributed by atoms with Gasteiger partial charge in [-0.05, 0) is 45.0 Å². The SMILES string of the molecule is COCCc1nc2cccnc2n1C1CCCCN1C. The fraction of sp³-hybridized carbons (Fsp3) is 0.600. The van der Waals surface area contributed by atoms with Crippen molar-refractivity contribution in [1.29, 1.82) is 0 Å². The lowest BCUT2D eigenvalue weighted by Crippen LogP contribution is -2.34. The zero-order chi connectivity index (χ0) is 13.9. The van der Waals surface area contributed by atoms with E-state index in [1.54, 1.807) is 7.11 Å². The van der Waals surface area contributed by atoms with Crippen LogP contribution in [0, 0.1) is 0 Å². The van der Waals surface area contributed by atoms with E-state index in [9.17, 15) is 0 Å². The molecule has 2 aromatic heterocycles. The van der Waals surface area contributed by atoms with Gasteiger partial charge < -0.3 is 4.74 Å². The quantitative estimate of drug-likeness (QED) is 0.857. The highest BCUT2D eigenvalue weighted by Gasteiger charge is 2.25. The summed E-state index contributed by atoms with van der Waals surface area (Å²) < 4.78 is 7.54. The number of fused-ring (bicyclic) bond motifs is 1. The van der Waals surface area contributed by atoms with Crippen molar-refractivity contribution in [3.63, 3.8) is 0 Å². The van der Waals surface area contributed by atoms with Crippen molar-refractivity contribution >= 4 is 11.2 Å². The highest BCUT2D eigenvalue weighted by Crippen LogP contribution is 2.29. The van der Waals surface area contributed by atoms with Crippen LogP contribution in [0.1, 0.15) is 31.3 Å². The van der Waals surface area contributed by atoms with E-state index in [0.29, 0.717) is 12.8 Å². The number of ether oxygens (including phenoxy) is 1. The second-order valence-corrected chi connectivity index (χ2v) is 5.44. The van der Waals surface area contributed by atoms with E-state index in [1.165, 1.54) is 19.3 Å². The summed E-state index contributed by atoms with van der Waals surface area (Å²) in [6.07, 6.45) is 6.76. The Morgan fingerprint density at radius 3 is 3.10 bits per heavy atom. The van der Waals surface area contributed by atoms with Crippen LogP contribution in [-0.4, -0.2) is 46.7 Å². The van der Waals surface area contributed by atoms with E-state index >= 15 is 0 Å². The Labute approximate surface area is 119 Å². The third-order valence-corrected chi connectivity index (χ3v) is 4.08. The lowest BCUT2D eigenvalue weighted by Gasteiger charge is -2.34. The van der Waals surface area contributed by atoms with Gasteiger partial charge in [-0.15, -0.1) is 0 Å². The minimum absolute atomic E-state index is 0.371. The molecule has 20 heavy (non-hydrogen) atoms. The molecular weight excluding hydrogens is 252 g/mol. The van der Waals surface area contributed by atoms with Gasteiger partial charge in [0, 0.05) is 19.7 Å². The molecule has 0 spiro atoms. The zero-order valence-corrected chi connectivity index (χ0v) is 12.2. The molecule has 3 rings (SSSR count). The zero-order valence-electron chi connectivity index (χ0n) is 12.2. The van der Waals surface area contributed by atoms with E-state index in [0.717, 1.165) is 30.0 Å².